The third-order valence-corrected chi connectivity index (χ3v) is 6.33. The molecule has 2 N–H and O–H groups in total. The third kappa shape index (κ3) is 5.95. The number of rotatable bonds is 7. The van der Waals surface area contributed by atoms with E-state index in [9.17, 15) is 8.42 Å². The van der Waals surface area contributed by atoms with E-state index < -0.39 is 10.0 Å². The van der Waals surface area contributed by atoms with Crippen molar-refractivity contribution in [3.63, 3.8) is 0 Å². The fraction of sp³-hybridized carbons (Fsp3) is 0.304. The highest BCUT2D eigenvalue weighted by Gasteiger charge is 2.15. The molecule has 3 aromatic rings. The van der Waals surface area contributed by atoms with Gasteiger partial charge in [0, 0.05) is 30.5 Å². The van der Waals surface area contributed by atoms with Gasteiger partial charge in [-0.2, -0.15) is 0 Å². The number of hydrogen-bond donors (Lipinski definition) is 2. The van der Waals surface area contributed by atoms with Gasteiger partial charge in [-0.05, 0) is 43.7 Å². The highest BCUT2D eigenvalue weighted by molar-refractivity contribution is 7.91. The Morgan fingerprint density at radius 1 is 0.938 bits per heavy atom. The van der Waals surface area contributed by atoms with Crippen LogP contribution in [0.5, 0.6) is 0 Å². The minimum absolute atomic E-state index is 0.0716. The predicted octanol–water partition coefficient (Wildman–Crippen LogP) is 3.62. The molecule has 168 valence electrons. The minimum atomic E-state index is -3.50. The molecule has 1 aliphatic heterocycles. The number of sulfonamides is 1. The van der Waals surface area contributed by atoms with E-state index in [-0.39, 0.29) is 5.75 Å². The molecule has 0 saturated carbocycles. The molecule has 9 heteroatoms. The first kappa shape index (κ1) is 22.0. The lowest BCUT2D eigenvalue weighted by Gasteiger charge is -2.28. The van der Waals surface area contributed by atoms with Crippen LogP contribution in [-0.4, -0.2) is 44.7 Å². The summed E-state index contributed by atoms with van der Waals surface area (Å²) >= 11 is 0. The van der Waals surface area contributed by atoms with Gasteiger partial charge in [0.15, 0.2) is 0 Å². The van der Waals surface area contributed by atoms with Crippen molar-refractivity contribution in [1.29, 1.82) is 0 Å². The van der Waals surface area contributed by atoms with Crippen molar-refractivity contribution >= 4 is 33.0 Å². The monoisotopic (exact) mass is 453 g/mol. The SMILES string of the molecule is Cc1ccc(CS(=O)(=O)Nc2ccc(Nc3cc(N4CCOCC4)nc(C)n3)cc2)cc1. The van der Waals surface area contributed by atoms with Gasteiger partial charge < -0.3 is 15.0 Å². The Bertz CT molecular complexity index is 1160. The van der Waals surface area contributed by atoms with E-state index in [0.717, 1.165) is 35.7 Å². The largest absolute Gasteiger partial charge is 0.378 e. The topological polar surface area (TPSA) is 96.5 Å². The van der Waals surface area contributed by atoms with E-state index in [2.05, 4.69) is 24.9 Å². The maximum absolute atomic E-state index is 12.5. The lowest BCUT2D eigenvalue weighted by Crippen LogP contribution is -2.36. The van der Waals surface area contributed by atoms with Crippen LogP contribution >= 0.6 is 0 Å². The van der Waals surface area contributed by atoms with Gasteiger partial charge >= 0.3 is 0 Å². The van der Waals surface area contributed by atoms with Crippen LogP contribution in [0.4, 0.5) is 23.0 Å². The fourth-order valence-electron chi connectivity index (χ4n) is 3.46. The number of benzene rings is 2. The first-order chi connectivity index (χ1) is 15.4. The number of nitrogens with one attached hydrogen (secondary N) is 2. The van der Waals surface area contributed by atoms with Crippen LogP contribution in [0, 0.1) is 13.8 Å². The van der Waals surface area contributed by atoms with Gasteiger partial charge in [-0.3, -0.25) is 4.72 Å². The van der Waals surface area contributed by atoms with Gasteiger partial charge in [0.1, 0.15) is 17.5 Å². The van der Waals surface area contributed by atoms with Gasteiger partial charge in [0.2, 0.25) is 10.0 Å². The molecule has 1 aliphatic rings. The Morgan fingerprint density at radius 2 is 1.59 bits per heavy atom. The highest BCUT2D eigenvalue weighted by Crippen LogP contribution is 2.22. The van der Waals surface area contributed by atoms with Crippen LogP contribution in [0.25, 0.3) is 0 Å². The van der Waals surface area contributed by atoms with Crippen LogP contribution in [0.1, 0.15) is 17.0 Å². The van der Waals surface area contributed by atoms with E-state index in [1.165, 1.54) is 0 Å². The zero-order valence-corrected chi connectivity index (χ0v) is 19.0. The second-order valence-electron chi connectivity index (χ2n) is 7.81. The van der Waals surface area contributed by atoms with Crippen molar-refractivity contribution in [2.75, 3.05) is 41.2 Å². The van der Waals surface area contributed by atoms with Crippen LogP contribution in [-0.2, 0) is 20.5 Å². The number of aromatic nitrogens is 2. The standard InChI is InChI=1S/C23H27N5O3S/c1-17-3-5-19(6-4-17)16-32(29,30)27-21-9-7-20(8-10-21)26-22-15-23(25-18(2)24-22)28-11-13-31-14-12-28/h3-10,15,27H,11-14,16H2,1-2H3,(H,24,25,26). The van der Waals surface area contributed by atoms with E-state index >= 15 is 0 Å². The summed E-state index contributed by atoms with van der Waals surface area (Å²) in [5.41, 5.74) is 3.16. The number of hydrogen-bond acceptors (Lipinski definition) is 7. The molecule has 0 amide bonds. The summed E-state index contributed by atoms with van der Waals surface area (Å²) in [6.45, 7) is 6.81. The van der Waals surface area contributed by atoms with E-state index in [0.29, 0.717) is 30.5 Å². The molecule has 8 nitrogen and oxygen atoms in total. The molecule has 1 fully saturated rings. The molecule has 4 rings (SSSR count). The summed E-state index contributed by atoms with van der Waals surface area (Å²) < 4.78 is 33.0. The second kappa shape index (κ2) is 9.54. The first-order valence-electron chi connectivity index (χ1n) is 10.5. The van der Waals surface area contributed by atoms with Crippen molar-refractivity contribution in [3.05, 3.63) is 71.5 Å². The van der Waals surface area contributed by atoms with Gasteiger partial charge in [0.25, 0.3) is 0 Å². The molecule has 0 aliphatic carbocycles. The van der Waals surface area contributed by atoms with E-state index in [1.807, 2.05) is 56.3 Å². The summed E-state index contributed by atoms with van der Waals surface area (Å²) in [5.74, 6) is 2.16. The number of morpholine rings is 1. The lowest BCUT2D eigenvalue weighted by atomic mass is 10.2. The van der Waals surface area contributed by atoms with Crippen molar-refractivity contribution < 1.29 is 13.2 Å². The van der Waals surface area contributed by atoms with Gasteiger partial charge in [0.05, 0.1) is 19.0 Å². The molecule has 2 heterocycles. The fourth-order valence-corrected chi connectivity index (χ4v) is 4.66. The molecule has 1 saturated heterocycles. The number of anilines is 4. The minimum Gasteiger partial charge on any atom is -0.378 e. The van der Waals surface area contributed by atoms with Crippen LogP contribution < -0.4 is 14.9 Å². The molecule has 2 aromatic carbocycles. The number of aryl methyl sites for hydroxylation is 2. The van der Waals surface area contributed by atoms with Crippen LogP contribution in [0.15, 0.2) is 54.6 Å². The third-order valence-electron chi connectivity index (χ3n) is 5.07. The zero-order chi connectivity index (χ0) is 22.6. The lowest BCUT2D eigenvalue weighted by molar-refractivity contribution is 0.122. The van der Waals surface area contributed by atoms with Crippen molar-refractivity contribution in [1.82, 2.24) is 9.97 Å². The van der Waals surface area contributed by atoms with E-state index in [1.54, 1.807) is 12.1 Å². The zero-order valence-electron chi connectivity index (χ0n) is 18.2. The van der Waals surface area contributed by atoms with Gasteiger partial charge in [-0.1, -0.05) is 29.8 Å². The summed E-state index contributed by atoms with van der Waals surface area (Å²) in [4.78, 5) is 11.2. The summed E-state index contributed by atoms with van der Waals surface area (Å²) in [5, 5.41) is 3.27. The molecule has 0 unspecified atom stereocenters. The predicted molar refractivity (Wildman–Crippen MR) is 127 cm³/mol. The van der Waals surface area contributed by atoms with Crippen molar-refractivity contribution in [2.45, 2.75) is 19.6 Å². The maximum Gasteiger partial charge on any atom is 0.236 e. The van der Waals surface area contributed by atoms with Gasteiger partial charge in [-0.15, -0.1) is 0 Å². The Kier molecular flexibility index (Phi) is 6.57. The maximum atomic E-state index is 12.5. The molecule has 0 atom stereocenters. The molecule has 0 bridgehead atoms. The van der Waals surface area contributed by atoms with Crippen molar-refractivity contribution in [3.8, 4) is 0 Å². The Labute approximate surface area is 188 Å². The van der Waals surface area contributed by atoms with Crippen molar-refractivity contribution in [2.24, 2.45) is 0 Å². The second-order valence-corrected chi connectivity index (χ2v) is 9.53. The van der Waals surface area contributed by atoms with Crippen LogP contribution in [0.3, 0.4) is 0 Å². The molecular formula is C23H27N5O3S. The quantitative estimate of drug-likeness (QED) is 0.564. The normalized spacial score (nSPS) is 14.2. The molecular weight excluding hydrogens is 426 g/mol. The molecule has 0 spiro atoms. The number of nitrogens with zero attached hydrogens (tertiary/aromatic N) is 3. The molecule has 32 heavy (non-hydrogen) atoms. The average Bonchev–Trinajstić information content (AvgIpc) is 2.77. The Balaban J connectivity index is 1.41. The first-order valence-corrected chi connectivity index (χ1v) is 12.1. The van der Waals surface area contributed by atoms with Crippen LogP contribution in [0.2, 0.25) is 0 Å². The molecule has 1 aromatic heterocycles. The Morgan fingerprint density at radius 3 is 2.28 bits per heavy atom. The Hall–Kier alpha value is -3.17. The van der Waals surface area contributed by atoms with Gasteiger partial charge in [-0.25, -0.2) is 18.4 Å². The summed E-state index contributed by atoms with van der Waals surface area (Å²) in [7, 11) is -3.50. The highest BCUT2D eigenvalue weighted by atomic mass is 32.2. The smallest absolute Gasteiger partial charge is 0.236 e. The van der Waals surface area contributed by atoms with E-state index in [4.69, 9.17) is 4.74 Å². The molecule has 0 radical (unpaired) electrons. The summed E-state index contributed by atoms with van der Waals surface area (Å²) in [6, 6.07) is 16.5. The summed E-state index contributed by atoms with van der Waals surface area (Å²) in [6.07, 6.45) is 0. The number of ether oxygens (including phenoxy) is 1. The average molecular weight is 454 g/mol.